The van der Waals surface area contributed by atoms with Crippen molar-refractivity contribution in [2.24, 2.45) is 0 Å². The maximum absolute atomic E-state index is 6.07. The third-order valence-electron chi connectivity index (χ3n) is 2.61. The first-order valence-corrected chi connectivity index (χ1v) is 6.72. The fourth-order valence-corrected chi connectivity index (χ4v) is 2.16. The SMILES string of the molecule is CCn1nc(C)c(N)c1Oc1cc(Cl)c(Cl)cc1Cl. The molecular formula is C12H12Cl3N3O. The Morgan fingerprint density at radius 1 is 1.21 bits per heavy atom. The van der Waals surface area contributed by atoms with Crippen LogP contribution in [0.15, 0.2) is 12.1 Å². The van der Waals surface area contributed by atoms with Crippen LogP contribution >= 0.6 is 34.8 Å². The minimum absolute atomic E-state index is 0.357. The van der Waals surface area contributed by atoms with Crippen LogP contribution < -0.4 is 10.5 Å². The smallest absolute Gasteiger partial charge is 0.241 e. The zero-order valence-corrected chi connectivity index (χ0v) is 12.6. The minimum Gasteiger partial charge on any atom is -0.436 e. The molecule has 1 heterocycles. The fraction of sp³-hybridized carbons (Fsp3) is 0.250. The van der Waals surface area contributed by atoms with Crippen molar-refractivity contribution < 1.29 is 4.74 Å². The highest BCUT2D eigenvalue weighted by Crippen LogP contribution is 2.38. The van der Waals surface area contributed by atoms with Gasteiger partial charge in [-0.25, -0.2) is 4.68 Å². The second-order valence-corrected chi connectivity index (χ2v) is 5.14. The monoisotopic (exact) mass is 319 g/mol. The van der Waals surface area contributed by atoms with Gasteiger partial charge in [0.1, 0.15) is 11.4 Å². The van der Waals surface area contributed by atoms with E-state index in [-0.39, 0.29) is 0 Å². The van der Waals surface area contributed by atoms with Crippen LogP contribution in [0.25, 0.3) is 0 Å². The van der Waals surface area contributed by atoms with E-state index in [9.17, 15) is 0 Å². The summed E-state index contributed by atoms with van der Waals surface area (Å²) in [5, 5.41) is 5.34. The van der Waals surface area contributed by atoms with E-state index in [1.165, 1.54) is 6.07 Å². The van der Waals surface area contributed by atoms with E-state index in [1.807, 2.05) is 13.8 Å². The summed E-state index contributed by atoms with van der Waals surface area (Å²) in [6.07, 6.45) is 0. The van der Waals surface area contributed by atoms with Gasteiger partial charge in [0.25, 0.3) is 0 Å². The maximum Gasteiger partial charge on any atom is 0.241 e. The highest BCUT2D eigenvalue weighted by molar-refractivity contribution is 6.43. The van der Waals surface area contributed by atoms with Gasteiger partial charge in [-0.15, -0.1) is 0 Å². The molecule has 2 aromatic rings. The molecule has 0 unspecified atom stereocenters. The van der Waals surface area contributed by atoms with Crippen LogP contribution in [0.1, 0.15) is 12.6 Å². The average molecular weight is 321 g/mol. The van der Waals surface area contributed by atoms with E-state index in [0.717, 1.165) is 0 Å². The number of nitrogen functional groups attached to an aromatic ring is 1. The molecule has 0 amide bonds. The number of anilines is 1. The first kappa shape index (κ1) is 14.3. The summed E-state index contributed by atoms with van der Waals surface area (Å²) in [5.74, 6) is 0.831. The Kier molecular flexibility index (Phi) is 4.13. The van der Waals surface area contributed by atoms with Crippen LogP contribution in [-0.4, -0.2) is 9.78 Å². The van der Waals surface area contributed by atoms with E-state index in [4.69, 9.17) is 45.3 Å². The van der Waals surface area contributed by atoms with Gasteiger partial charge < -0.3 is 10.5 Å². The maximum atomic E-state index is 6.07. The molecule has 1 aromatic carbocycles. The fourth-order valence-electron chi connectivity index (χ4n) is 1.58. The van der Waals surface area contributed by atoms with Crippen molar-refractivity contribution in [3.63, 3.8) is 0 Å². The lowest BCUT2D eigenvalue weighted by molar-refractivity contribution is 0.418. The summed E-state index contributed by atoms with van der Waals surface area (Å²) in [6.45, 7) is 4.38. The molecule has 0 saturated heterocycles. The highest BCUT2D eigenvalue weighted by atomic mass is 35.5. The van der Waals surface area contributed by atoms with Crippen molar-refractivity contribution >= 4 is 40.5 Å². The number of aryl methyl sites for hydroxylation is 2. The van der Waals surface area contributed by atoms with Crippen molar-refractivity contribution in [3.05, 3.63) is 32.9 Å². The van der Waals surface area contributed by atoms with Gasteiger partial charge in [-0.05, 0) is 19.9 Å². The normalized spacial score (nSPS) is 10.8. The van der Waals surface area contributed by atoms with Gasteiger partial charge in [0.05, 0.1) is 20.8 Å². The average Bonchev–Trinajstić information content (AvgIpc) is 2.63. The summed E-state index contributed by atoms with van der Waals surface area (Å²) in [7, 11) is 0. The molecule has 4 nitrogen and oxygen atoms in total. The van der Waals surface area contributed by atoms with Crippen molar-refractivity contribution in [2.45, 2.75) is 20.4 Å². The van der Waals surface area contributed by atoms with Crippen LogP contribution in [0.2, 0.25) is 15.1 Å². The Hall–Kier alpha value is -1.10. The Balaban J connectivity index is 2.44. The molecule has 7 heteroatoms. The quantitative estimate of drug-likeness (QED) is 0.844. The minimum atomic E-state index is 0.357. The van der Waals surface area contributed by atoms with Gasteiger partial charge in [0.2, 0.25) is 5.88 Å². The lowest BCUT2D eigenvalue weighted by Crippen LogP contribution is -2.01. The molecule has 0 saturated carbocycles. The Morgan fingerprint density at radius 3 is 2.47 bits per heavy atom. The van der Waals surface area contributed by atoms with E-state index in [0.29, 0.717) is 44.6 Å². The van der Waals surface area contributed by atoms with E-state index >= 15 is 0 Å². The summed E-state index contributed by atoms with van der Waals surface area (Å²) in [4.78, 5) is 0. The predicted octanol–water partition coefficient (Wildman–Crippen LogP) is 4.55. The second-order valence-electron chi connectivity index (χ2n) is 3.92. The number of ether oxygens (including phenoxy) is 1. The number of rotatable bonds is 3. The molecule has 0 spiro atoms. The van der Waals surface area contributed by atoms with Crippen LogP contribution in [0.4, 0.5) is 5.69 Å². The van der Waals surface area contributed by atoms with Crippen molar-refractivity contribution in [1.29, 1.82) is 0 Å². The summed E-state index contributed by atoms with van der Waals surface area (Å²) in [5.41, 5.74) is 7.11. The molecule has 102 valence electrons. The van der Waals surface area contributed by atoms with Crippen LogP contribution in [-0.2, 0) is 6.54 Å². The summed E-state index contributed by atoms with van der Waals surface area (Å²) < 4.78 is 7.38. The van der Waals surface area contributed by atoms with Crippen LogP contribution in [0, 0.1) is 6.92 Å². The molecule has 0 aliphatic carbocycles. The standard InChI is InChI=1S/C12H12Cl3N3O/c1-3-18-12(11(16)6(2)17-18)19-10-5-8(14)7(13)4-9(10)15/h4-5H,3,16H2,1-2H3. The summed E-state index contributed by atoms with van der Waals surface area (Å²) in [6, 6.07) is 3.07. The molecule has 19 heavy (non-hydrogen) atoms. The number of aromatic nitrogens is 2. The lowest BCUT2D eigenvalue weighted by atomic mass is 10.3. The number of halogens is 3. The molecular weight excluding hydrogens is 309 g/mol. The van der Waals surface area contributed by atoms with Crippen LogP contribution in [0.3, 0.4) is 0 Å². The van der Waals surface area contributed by atoms with E-state index in [2.05, 4.69) is 5.10 Å². The molecule has 2 rings (SSSR count). The molecule has 0 atom stereocenters. The second kappa shape index (κ2) is 5.49. The summed E-state index contributed by atoms with van der Waals surface area (Å²) >= 11 is 17.9. The predicted molar refractivity (Wildman–Crippen MR) is 78.6 cm³/mol. The van der Waals surface area contributed by atoms with Gasteiger partial charge in [-0.3, -0.25) is 0 Å². The van der Waals surface area contributed by atoms with Gasteiger partial charge in [-0.1, -0.05) is 34.8 Å². The van der Waals surface area contributed by atoms with Crippen LogP contribution in [0.5, 0.6) is 11.6 Å². The number of nitrogens with zero attached hydrogens (tertiary/aromatic N) is 2. The zero-order chi connectivity index (χ0) is 14.2. The number of benzene rings is 1. The van der Waals surface area contributed by atoms with Gasteiger partial charge >= 0.3 is 0 Å². The van der Waals surface area contributed by atoms with Crippen molar-refractivity contribution in [2.75, 3.05) is 5.73 Å². The van der Waals surface area contributed by atoms with E-state index in [1.54, 1.807) is 10.7 Å². The Labute approximate surface area is 126 Å². The Bertz CT molecular complexity index is 625. The molecule has 0 aliphatic heterocycles. The topological polar surface area (TPSA) is 53.1 Å². The first-order chi connectivity index (χ1) is 8.93. The van der Waals surface area contributed by atoms with Gasteiger partial charge in [0.15, 0.2) is 0 Å². The third-order valence-corrected chi connectivity index (χ3v) is 3.62. The highest BCUT2D eigenvalue weighted by Gasteiger charge is 2.16. The number of hydrogen-bond acceptors (Lipinski definition) is 3. The van der Waals surface area contributed by atoms with Crippen molar-refractivity contribution in [3.8, 4) is 11.6 Å². The molecule has 1 aromatic heterocycles. The molecule has 0 bridgehead atoms. The zero-order valence-electron chi connectivity index (χ0n) is 10.4. The third kappa shape index (κ3) is 2.76. The number of nitrogens with two attached hydrogens (primary N) is 1. The van der Waals surface area contributed by atoms with Gasteiger partial charge in [-0.2, -0.15) is 5.10 Å². The van der Waals surface area contributed by atoms with Crippen molar-refractivity contribution in [1.82, 2.24) is 9.78 Å². The lowest BCUT2D eigenvalue weighted by Gasteiger charge is -2.10. The molecule has 2 N–H and O–H groups in total. The molecule has 0 fully saturated rings. The first-order valence-electron chi connectivity index (χ1n) is 5.59. The Morgan fingerprint density at radius 2 is 1.84 bits per heavy atom. The van der Waals surface area contributed by atoms with Gasteiger partial charge in [0, 0.05) is 12.6 Å². The molecule has 0 radical (unpaired) electrons. The molecule has 0 aliphatic rings. The largest absolute Gasteiger partial charge is 0.436 e. The number of hydrogen-bond donors (Lipinski definition) is 1. The van der Waals surface area contributed by atoms with E-state index < -0.39 is 0 Å².